The fourth-order valence-corrected chi connectivity index (χ4v) is 4.95. The standard InChI is InChI=1S/C29H30N4O3/c30-26(15-24-16-31-27-12-6-5-11-25(24)27)29(35)33-18-22(14-23-10-4-7-13-28(23)33)17-32(20-34)36-19-21-8-2-1-3-9-21/h1-13,16,20,22,26,31H,14-15,17-19,30H2/t22?,26-/m1/s1. The van der Waals surface area contributed by atoms with E-state index in [4.69, 9.17) is 10.6 Å². The number of H-pyrrole nitrogens is 1. The fraction of sp³-hybridized carbons (Fsp3) is 0.241. The summed E-state index contributed by atoms with van der Waals surface area (Å²) < 4.78 is 0. The van der Waals surface area contributed by atoms with Gasteiger partial charge in [-0.3, -0.25) is 14.4 Å². The van der Waals surface area contributed by atoms with E-state index in [1.165, 1.54) is 5.06 Å². The topological polar surface area (TPSA) is 91.7 Å². The van der Waals surface area contributed by atoms with Crippen LogP contribution in [-0.4, -0.2) is 41.5 Å². The molecule has 3 N–H and O–H groups in total. The Labute approximate surface area is 210 Å². The number of amides is 2. The monoisotopic (exact) mass is 482 g/mol. The van der Waals surface area contributed by atoms with E-state index in [1.54, 1.807) is 4.90 Å². The summed E-state index contributed by atoms with van der Waals surface area (Å²) in [4.78, 5) is 36.2. The summed E-state index contributed by atoms with van der Waals surface area (Å²) in [6, 6.07) is 24.9. The Hall–Kier alpha value is -3.94. The molecule has 4 aromatic rings. The molecule has 0 saturated carbocycles. The number of aromatic nitrogens is 1. The number of nitrogens with one attached hydrogen (secondary N) is 1. The zero-order valence-corrected chi connectivity index (χ0v) is 20.0. The number of carbonyl (C=O) groups excluding carboxylic acids is 2. The summed E-state index contributed by atoms with van der Waals surface area (Å²) >= 11 is 0. The van der Waals surface area contributed by atoms with Gasteiger partial charge in [0, 0.05) is 35.2 Å². The number of para-hydroxylation sites is 2. The van der Waals surface area contributed by atoms with Crippen molar-refractivity contribution in [1.29, 1.82) is 0 Å². The maximum atomic E-state index is 13.6. The van der Waals surface area contributed by atoms with Crippen molar-refractivity contribution in [3.05, 3.63) is 102 Å². The highest BCUT2D eigenvalue weighted by atomic mass is 16.7. The summed E-state index contributed by atoms with van der Waals surface area (Å²) in [5.74, 6) is -0.106. The van der Waals surface area contributed by atoms with Crippen molar-refractivity contribution < 1.29 is 14.4 Å². The number of aromatic amines is 1. The molecule has 7 heteroatoms. The molecule has 1 unspecified atom stereocenters. The van der Waals surface area contributed by atoms with E-state index in [0.29, 0.717) is 32.5 Å². The second-order valence-corrected chi connectivity index (χ2v) is 9.28. The van der Waals surface area contributed by atoms with Crippen molar-refractivity contribution >= 4 is 28.9 Å². The zero-order chi connectivity index (χ0) is 24.9. The van der Waals surface area contributed by atoms with Gasteiger partial charge in [0.15, 0.2) is 0 Å². The molecule has 36 heavy (non-hydrogen) atoms. The third-order valence-corrected chi connectivity index (χ3v) is 6.73. The van der Waals surface area contributed by atoms with Crippen molar-refractivity contribution in [3.63, 3.8) is 0 Å². The Bertz CT molecular complexity index is 1340. The molecule has 2 heterocycles. The van der Waals surface area contributed by atoms with Crippen LogP contribution in [-0.2, 0) is 33.9 Å². The van der Waals surface area contributed by atoms with Gasteiger partial charge in [-0.2, -0.15) is 0 Å². The molecule has 0 aliphatic carbocycles. The first-order chi connectivity index (χ1) is 17.6. The third kappa shape index (κ3) is 5.17. The number of hydrogen-bond acceptors (Lipinski definition) is 4. The lowest BCUT2D eigenvalue weighted by molar-refractivity contribution is -0.181. The van der Waals surface area contributed by atoms with E-state index in [-0.39, 0.29) is 11.8 Å². The number of rotatable bonds is 9. The van der Waals surface area contributed by atoms with E-state index in [0.717, 1.165) is 39.7 Å². The number of nitrogens with two attached hydrogens (primary N) is 1. The van der Waals surface area contributed by atoms with E-state index >= 15 is 0 Å². The van der Waals surface area contributed by atoms with Crippen molar-refractivity contribution in [2.45, 2.75) is 25.5 Å². The minimum absolute atomic E-state index is 0.0186. The van der Waals surface area contributed by atoms with Gasteiger partial charge in [-0.1, -0.05) is 66.7 Å². The largest absolute Gasteiger partial charge is 0.361 e. The van der Waals surface area contributed by atoms with Crippen molar-refractivity contribution in [3.8, 4) is 0 Å². The predicted octanol–water partition coefficient (Wildman–Crippen LogP) is 3.83. The molecule has 0 spiro atoms. The van der Waals surface area contributed by atoms with Crippen LogP contribution in [0.3, 0.4) is 0 Å². The lowest BCUT2D eigenvalue weighted by Gasteiger charge is -2.37. The lowest BCUT2D eigenvalue weighted by atomic mass is 9.91. The van der Waals surface area contributed by atoms with Gasteiger partial charge in [0.1, 0.15) is 6.61 Å². The smallest absolute Gasteiger partial charge is 0.244 e. The first-order valence-corrected chi connectivity index (χ1v) is 12.2. The van der Waals surface area contributed by atoms with Crippen LogP contribution in [0.2, 0.25) is 0 Å². The average Bonchev–Trinajstić information content (AvgIpc) is 3.33. The molecule has 0 radical (unpaired) electrons. The van der Waals surface area contributed by atoms with E-state index in [2.05, 4.69) is 4.98 Å². The number of fused-ring (bicyclic) bond motifs is 2. The van der Waals surface area contributed by atoms with Crippen LogP contribution in [0.1, 0.15) is 16.7 Å². The van der Waals surface area contributed by atoms with Crippen LogP contribution in [0.25, 0.3) is 10.9 Å². The molecule has 1 aliphatic rings. The van der Waals surface area contributed by atoms with Crippen LogP contribution in [0.15, 0.2) is 85.1 Å². The molecule has 1 aliphatic heterocycles. The minimum Gasteiger partial charge on any atom is -0.361 e. The molecule has 184 valence electrons. The minimum atomic E-state index is -0.687. The molecule has 5 rings (SSSR count). The Morgan fingerprint density at radius 3 is 2.67 bits per heavy atom. The third-order valence-electron chi connectivity index (χ3n) is 6.73. The van der Waals surface area contributed by atoms with Gasteiger partial charge >= 0.3 is 0 Å². The first-order valence-electron chi connectivity index (χ1n) is 12.2. The van der Waals surface area contributed by atoms with Gasteiger partial charge in [0.2, 0.25) is 12.3 Å². The Morgan fingerprint density at radius 2 is 1.83 bits per heavy atom. The van der Waals surface area contributed by atoms with Gasteiger partial charge in [0.05, 0.1) is 12.6 Å². The first kappa shape index (κ1) is 23.8. The zero-order valence-electron chi connectivity index (χ0n) is 20.0. The lowest BCUT2D eigenvalue weighted by Crippen LogP contribution is -2.50. The highest BCUT2D eigenvalue weighted by Crippen LogP contribution is 2.31. The Balaban J connectivity index is 1.29. The van der Waals surface area contributed by atoms with Crippen molar-refractivity contribution in [2.75, 3.05) is 18.0 Å². The SMILES string of the molecule is N[C@H](Cc1c[nH]c2ccccc12)C(=O)N1CC(CN(C=O)OCc2ccccc2)Cc2ccccc21. The maximum absolute atomic E-state index is 13.6. The van der Waals surface area contributed by atoms with E-state index < -0.39 is 6.04 Å². The number of hydroxylamine groups is 2. The highest BCUT2D eigenvalue weighted by Gasteiger charge is 2.32. The summed E-state index contributed by atoms with van der Waals surface area (Å²) in [5.41, 5.74) is 11.5. The molecule has 0 bridgehead atoms. The molecular formula is C29H30N4O3. The number of carbonyl (C=O) groups is 2. The fourth-order valence-electron chi connectivity index (χ4n) is 4.95. The maximum Gasteiger partial charge on any atom is 0.244 e. The van der Waals surface area contributed by atoms with Gasteiger partial charge in [-0.05, 0) is 41.7 Å². The van der Waals surface area contributed by atoms with Crippen LogP contribution in [0.4, 0.5) is 5.69 Å². The number of anilines is 1. The number of hydrogen-bond donors (Lipinski definition) is 2. The number of benzene rings is 3. The second kappa shape index (κ2) is 10.8. The van der Waals surface area contributed by atoms with Gasteiger partial charge < -0.3 is 15.6 Å². The summed E-state index contributed by atoms with van der Waals surface area (Å²) in [5, 5.41) is 2.41. The quantitative estimate of drug-likeness (QED) is 0.280. The highest BCUT2D eigenvalue weighted by molar-refractivity contribution is 5.98. The molecule has 2 amide bonds. The van der Waals surface area contributed by atoms with Gasteiger partial charge in [0.25, 0.3) is 0 Å². The number of nitrogens with zero attached hydrogens (tertiary/aromatic N) is 2. The van der Waals surface area contributed by atoms with Gasteiger partial charge in [-0.15, -0.1) is 0 Å². The normalized spacial score (nSPS) is 15.9. The summed E-state index contributed by atoms with van der Waals surface area (Å²) in [6.07, 6.45) is 3.82. The average molecular weight is 483 g/mol. The van der Waals surface area contributed by atoms with Crippen LogP contribution >= 0.6 is 0 Å². The summed E-state index contributed by atoms with van der Waals surface area (Å²) in [7, 11) is 0. The molecule has 0 fully saturated rings. The molecule has 1 aromatic heterocycles. The molecular weight excluding hydrogens is 452 g/mol. The van der Waals surface area contributed by atoms with Crippen molar-refractivity contribution in [2.24, 2.45) is 11.7 Å². The predicted molar refractivity (Wildman–Crippen MR) is 140 cm³/mol. The molecule has 0 saturated heterocycles. The van der Waals surface area contributed by atoms with Crippen LogP contribution < -0.4 is 10.6 Å². The van der Waals surface area contributed by atoms with Gasteiger partial charge in [-0.25, -0.2) is 5.06 Å². The summed E-state index contributed by atoms with van der Waals surface area (Å²) in [6.45, 7) is 1.16. The Morgan fingerprint density at radius 1 is 1.08 bits per heavy atom. The van der Waals surface area contributed by atoms with E-state index in [1.807, 2.05) is 85.1 Å². The molecule has 2 atom stereocenters. The molecule has 7 nitrogen and oxygen atoms in total. The Kier molecular flexibility index (Phi) is 7.11. The van der Waals surface area contributed by atoms with Crippen molar-refractivity contribution in [1.82, 2.24) is 10.0 Å². The molecule has 3 aromatic carbocycles. The second-order valence-electron chi connectivity index (χ2n) is 9.28. The van der Waals surface area contributed by atoms with Crippen LogP contribution in [0.5, 0.6) is 0 Å². The van der Waals surface area contributed by atoms with E-state index in [9.17, 15) is 9.59 Å². The van der Waals surface area contributed by atoms with Crippen LogP contribution in [0, 0.1) is 5.92 Å².